The summed E-state index contributed by atoms with van der Waals surface area (Å²) in [4.78, 5) is 20.0. The van der Waals surface area contributed by atoms with E-state index in [-0.39, 0.29) is 18.2 Å². The Morgan fingerprint density at radius 1 is 1.06 bits per heavy atom. The summed E-state index contributed by atoms with van der Waals surface area (Å²) in [6.07, 6.45) is 0. The minimum Gasteiger partial charge on any atom is -0.497 e. The van der Waals surface area contributed by atoms with Crippen molar-refractivity contribution in [2.45, 2.75) is 39.4 Å². The van der Waals surface area contributed by atoms with Crippen LogP contribution in [0.4, 0.5) is 5.82 Å². The van der Waals surface area contributed by atoms with Gasteiger partial charge in [-0.15, -0.1) is 0 Å². The van der Waals surface area contributed by atoms with E-state index in [1.54, 1.807) is 25.3 Å². The van der Waals surface area contributed by atoms with Crippen molar-refractivity contribution >= 4 is 11.7 Å². The number of ether oxygens (including phenoxy) is 3. The fraction of sp³-hybridized carbons (Fsp3) is 0.360. The molecule has 0 bridgehead atoms. The molecule has 8 nitrogen and oxygen atoms in total. The first-order valence-electron chi connectivity index (χ1n) is 11.0. The number of carbonyl (C=O) groups is 1. The average molecular weight is 449 g/mol. The van der Waals surface area contributed by atoms with Gasteiger partial charge in [-0.3, -0.25) is 4.79 Å². The van der Waals surface area contributed by atoms with E-state index < -0.39 is 0 Å². The molecule has 0 unspecified atom stereocenters. The number of hydrogen-bond donors (Lipinski definition) is 1. The maximum Gasteiger partial charge on any atom is 0.254 e. The van der Waals surface area contributed by atoms with Crippen molar-refractivity contribution in [3.05, 3.63) is 53.9 Å². The van der Waals surface area contributed by atoms with E-state index in [0.29, 0.717) is 36.7 Å². The smallest absolute Gasteiger partial charge is 0.254 e. The van der Waals surface area contributed by atoms with Crippen LogP contribution in [-0.2, 0) is 13.1 Å². The number of amides is 1. The molecule has 1 aromatic heterocycles. The van der Waals surface area contributed by atoms with E-state index >= 15 is 0 Å². The number of imidazole rings is 1. The van der Waals surface area contributed by atoms with Crippen LogP contribution in [0, 0.1) is 0 Å². The molecule has 2 aliphatic rings. The Bertz CT molecular complexity index is 1190. The van der Waals surface area contributed by atoms with Crippen molar-refractivity contribution < 1.29 is 19.0 Å². The third kappa shape index (κ3) is 4.08. The normalized spacial score (nSPS) is 14.7. The number of nitrogens with one attached hydrogen (secondary N) is 1. The van der Waals surface area contributed by atoms with Gasteiger partial charge in [0.1, 0.15) is 23.1 Å². The van der Waals surface area contributed by atoms with Crippen LogP contribution >= 0.6 is 0 Å². The minimum atomic E-state index is -0.141. The molecule has 2 aromatic carbocycles. The predicted octanol–water partition coefficient (Wildman–Crippen LogP) is 4.15. The summed E-state index contributed by atoms with van der Waals surface area (Å²) in [6.45, 7) is 8.26. The summed E-state index contributed by atoms with van der Waals surface area (Å²) in [6, 6.07) is 13.2. The molecule has 5 rings (SSSR count). The molecule has 0 spiro atoms. The molecule has 33 heavy (non-hydrogen) atoms. The van der Waals surface area contributed by atoms with Crippen molar-refractivity contribution in [2.75, 3.05) is 25.8 Å². The zero-order chi connectivity index (χ0) is 23.2. The quantitative estimate of drug-likeness (QED) is 0.646. The van der Waals surface area contributed by atoms with E-state index in [0.717, 1.165) is 28.6 Å². The molecule has 0 atom stereocenters. The molecule has 0 saturated heterocycles. The van der Waals surface area contributed by atoms with Crippen LogP contribution in [0.3, 0.4) is 0 Å². The molecule has 0 radical (unpaired) electrons. The first-order valence-corrected chi connectivity index (χ1v) is 11.0. The summed E-state index contributed by atoms with van der Waals surface area (Å²) in [5.74, 6) is 3.86. The van der Waals surface area contributed by atoms with E-state index in [9.17, 15) is 4.79 Å². The number of methoxy groups -OCH3 is 1. The highest BCUT2D eigenvalue weighted by atomic mass is 16.7. The molecule has 1 amide bonds. The van der Waals surface area contributed by atoms with E-state index in [1.165, 1.54) is 0 Å². The standard InChI is InChI=1S/C25H28N4O4/c1-25(2,3)27-23-22(16-5-8-18(31-4)9-6-16)26-21-14-28(11-12-29(21)23)24(30)17-7-10-19-20(13-17)33-15-32-19/h5-10,13,27H,11-12,14-15H2,1-4H3. The predicted molar refractivity (Wildman–Crippen MR) is 125 cm³/mol. The highest BCUT2D eigenvalue weighted by Gasteiger charge is 2.29. The first-order chi connectivity index (χ1) is 15.8. The Balaban J connectivity index is 1.46. The van der Waals surface area contributed by atoms with Gasteiger partial charge in [0.2, 0.25) is 6.79 Å². The topological polar surface area (TPSA) is 77.9 Å². The van der Waals surface area contributed by atoms with Crippen molar-refractivity contribution in [3.8, 4) is 28.5 Å². The van der Waals surface area contributed by atoms with Gasteiger partial charge >= 0.3 is 0 Å². The zero-order valence-electron chi connectivity index (χ0n) is 19.3. The van der Waals surface area contributed by atoms with Gasteiger partial charge in [-0.25, -0.2) is 4.98 Å². The lowest BCUT2D eigenvalue weighted by Gasteiger charge is -2.30. The summed E-state index contributed by atoms with van der Waals surface area (Å²) < 4.78 is 18.3. The Morgan fingerprint density at radius 3 is 2.55 bits per heavy atom. The van der Waals surface area contributed by atoms with Crippen LogP contribution in [0.5, 0.6) is 17.2 Å². The summed E-state index contributed by atoms with van der Waals surface area (Å²) in [5, 5.41) is 3.62. The molecule has 0 fully saturated rings. The van der Waals surface area contributed by atoms with Gasteiger partial charge in [0.15, 0.2) is 11.5 Å². The van der Waals surface area contributed by atoms with E-state index in [4.69, 9.17) is 19.2 Å². The molecule has 0 aliphatic carbocycles. The van der Waals surface area contributed by atoms with Gasteiger partial charge < -0.3 is 29.0 Å². The molecule has 8 heteroatoms. The van der Waals surface area contributed by atoms with Gasteiger partial charge in [0, 0.05) is 29.8 Å². The number of hydrogen-bond acceptors (Lipinski definition) is 6. The fourth-order valence-corrected chi connectivity index (χ4v) is 4.15. The number of benzene rings is 2. The van der Waals surface area contributed by atoms with Gasteiger partial charge in [-0.1, -0.05) is 0 Å². The van der Waals surface area contributed by atoms with Crippen LogP contribution in [0.25, 0.3) is 11.3 Å². The highest BCUT2D eigenvalue weighted by Crippen LogP contribution is 2.35. The number of carbonyl (C=O) groups excluding carboxylic acids is 1. The number of fused-ring (bicyclic) bond motifs is 2. The molecule has 3 aromatic rings. The van der Waals surface area contributed by atoms with Gasteiger partial charge in [-0.05, 0) is 63.2 Å². The van der Waals surface area contributed by atoms with Crippen LogP contribution in [-0.4, -0.2) is 46.3 Å². The summed E-state index contributed by atoms with van der Waals surface area (Å²) in [7, 11) is 1.66. The van der Waals surface area contributed by atoms with Gasteiger partial charge in [0.05, 0.1) is 13.7 Å². The molecule has 1 N–H and O–H groups in total. The van der Waals surface area contributed by atoms with Crippen LogP contribution in [0.1, 0.15) is 37.0 Å². The van der Waals surface area contributed by atoms with Crippen molar-refractivity contribution in [2.24, 2.45) is 0 Å². The van der Waals surface area contributed by atoms with Crippen LogP contribution < -0.4 is 19.5 Å². The maximum absolute atomic E-state index is 13.2. The van der Waals surface area contributed by atoms with E-state index in [2.05, 4.69) is 30.7 Å². The lowest BCUT2D eigenvalue weighted by molar-refractivity contribution is 0.0707. The van der Waals surface area contributed by atoms with Gasteiger partial charge in [0.25, 0.3) is 5.91 Å². The second-order valence-corrected chi connectivity index (χ2v) is 9.28. The van der Waals surface area contributed by atoms with Gasteiger partial charge in [-0.2, -0.15) is 0 Å². The van der Waals surface area contributed by atoms with E-state index in [1.807, 2.05) is 29.2 Å². The largest absolute Gasteiger partial charge is 0.497 e. The SMILES string of the molecule is COc1ccc(-c2nc3n(c2NC(C)(C)C)CCN(C(=O)c2ccc4c(c2)OCO4)C3)cc1. The summed E-state index contributed by atoms with van der Waals surface area (Å²) in [5.41, 5.74) is 2.32. The Morgan fingerprint density at radius 2 is 1.82 bits per heavy atom. The second kappa shape index (κ2) is 8.03. The average Bonchev–Trinajstić information content (AvgIpc) is 3.41. The Hall–Kier alpha value is -3.68. The minimum absolute atomic E-state index is 0.0427. The molecule has 172 valence electrons. The molecule has 3 heterocycles. The van der Waals surface area contributed by atoms with Crippen molar-refractivity contribution in [1.29, 1.82) is 0 Å². The zero-order valence-corrected chi connectivity index (χ0v) is 19.3. The molecular weight excluding hydrogens is 420 g/mol. The third-order valence-corrected chi connectivity index (χ3v) is 5.74. The molecular formula is C25H28N4O4. The van der Waals surface area contributed by atoms with Crippen molar-refractivity contribution in [1.82, 2.24) is 14.5 Å². The van der Waals surface area contributed by atoms with Crippen LogP contribution in [0.15, 0.2) is 42.5 Å². The fourth-order valence-electron chi connectivity index (χ4n) is 4.15. The number of aromatic nitrogens is 2. The molecule has 2 aliphatic heterocycles. The third-order valence-electron chi connectivity index (χ3n) is 5.74. The number of anilines is 1. The Kier molecular flexibility index (Phi) is 5.15. The lowest BCUT2D eigenvalue weighted by Crippen LogP contribution is -2.39. The first kappa shape index (κ1) is 21.2. The molecule has 0 saturated carbocycles. The van der Waals surface area contributed by atoms with Crippen molar-refractivity contribution in [3.63, 3.8) is 0 Å². The second-order valence-electron chi connectivity index (χ2n) is 9.28. The van der Waals surface area contributed by atoms with Crippen LogP contribution in [0.2, 0.25) is 0 Å². The number of rotatable bonds is 4. The monoisotopic (exact) mass is 448 g/mol. The summed E-state index contributed by atoms with van der Waals surface area (Å²) >= 11 is 0. The lowest BCUT2D eigenvalue weighted by atomic mass is 10.1. The Labute approximate surface area is 193 Å². The number of nitrogens with zero attached hydrogens (tertiary/aromatic N) is 3. The highest BCUT2D eigenvalue weighted by molar-refractivity contribution is 5.95. The maximum atomic E-state index is 13.2.